The summed E-state index contributed by atoms with van der Waals surface area (Å²) in [6.45, 7) is 21.3. The average molecular weight is 480 g/mol. The second kappa shape index (κ2) is 8.66. The molecule has 0 bridgehead atoms. The highest BCUT2D eigenvalue weighted by atomic mass is 28.3. The number of rotatable bonds is 5. The molecular formula is C32H39Si2. The van der Waals surface area contributed by atoms with Crippen molar-refractivity contribution in [1.82, 2.24) is 0 Å². The fourth-order valence-electron chi connectivity index (χ4n) is 6.03. The molecule has 1 aliphatic rings. The lowest BCUT2D eigenvalue weighted by atomic mass is 10.0. The molecule has 0 aromatic heterocycles. The van der Waals surface area contributed by atoms with Crippen LogP contribution < -0.4 is 20.7 Å². The Morgan fingerprint density at radius 2 is 1.26 bits per heavy atom. The zero-order valence-corrected chi connectivity index (χ0v) is 24.4. The minimum atomic E-state index is -2.62. The van der Waals surface area contributed by atoms with E-state index in [0.29, 0.717) is 0 Å². The van der Waals surface area contributed by atoms with Crippen molar-refractivity contribution in [1.29, 1.82) is 0 Å². The Balaban J connectivity index is 2.27. The van der Waals surface area contributed by atoms with Crippen LogP contribution in [-0.2, 0) is 0 Å². The number of aryl methyl sites for hydroxylation is 2. The lowest BCUT2D eigenvalue weighted by Crippen LogP contribution is -2.74. The first kappa shape index (κ1) is 24.7. The molecular weight excluding hydrogens is 441 g/mol. The number of benzene rings is 3. The molecule has 3 aromatic rings. The van der Waals surface area contributed by atoms with Gasteiger partial charge in [-0.3, -0.25) is 0 Å². The van der Waals surface area contributed by atoms with Crippen molar-refractivity contribution in [2.75, 3.05) is 0 Å². The van der Waals surface area contributed by atoms with E-state index in [-0.39, 0.29) is 5.04 Å². The summed E-state index contributed by atoms with van der Waals surface area (Å²) in [5, 5.41) is 5.85. The molecule has 0 heterocycles. The lowest BCUT2D eigenvalue weighted by Gasteiger charge is -2.47. The largest absolute Gasteiger partial charge is 0.162 e. The van der Waals surface area contributed by atoms with Gasteiger partial charge in [0, 0.05) is 5.04 Å². The molecule has 3 aromatic carbocycles. The van der Waals surface area contributed by atoms with Crippen LogP contribution in [-0.4, -0.2) is 16.1 Å². The Hall–Kier alpha value is -2.43. The van der Waals surface area contributed by atoms with E-state index in [0.717, 1.165) is 0 Å². The maximum Gasteiger partial charge on any atom is 0.162 e. The van der Waals surface area contributed by atoms with E-state index in [1.54, 1.807) is 5.19 Å². The van der Waals surface area contributed by atoms with Crippen LogP contribution in [0.1, 0.15) is 38.8 Å². The van der Waals surface area contributed by atoms with E-state index in [2.05, 4.69) is 140 Å². The molecule has 34 heavy (non-hydrogen) atoms. The third kappa shape index (κ3) is 3.72. The molecule has 2 heteroatoms. The third-order valence-electron chi connectivity index (χ3n) is 8.19. The van der Waals surface area contributed by atoms with E-state index in [4.69, 9.17) is 0 Å². The fraction of sp³-hybridized carbons (Fsp3) is 0.312. The van der Waals surface area contributed by atoms with Crippen molar-refractivity contribution >= 4 is 36.9 Å². The van der Waals surface area contributed by atoms with Crippen molar-refractivity contribution < 1.29 is 0 Å². The smallest absolute Gasteiger partial charge is 0.0656 e. The first-order chi connectivity index (χ1) is 15.9. The summed E-state index contributed by atoms with van der Waals surface area (Å²) in [5.41, 5.74) is 6.94. The van der Waals surface area contributed by atoms with Crippen LogP contribution in [0.4, 0.5) is 0 Å². The van der Waals surface area contributed by atoms with Gasteiger partial charge in [-0.05, 0) is 67.4 Å². The quantitative estimate of drug-likeness (QED) is 0.303. The van der Waals surface area contributed by atoms with Crippen molar-refractivity contribution in [3.8, 4) is 0 Å². The summed E-state index contributed by atoms with van der Waals surface area (Å²) in [7, 11) is -4.13. The molecule has 0 nitrogen and oxygen atoms in total. The van der Waals surface area contributed by atoms with E-state index in [9.17, 15) is 0 Å². The molecule has 0 amide bonds. The molecule has 4 rings (SSSR count). The standard InChI is InChI=1S/C32H39Si2/c1-23-19-29(33(7,8)9)21-30(20-23)34(28-16-11-10-12-17-28,31-18-14-13-15-24(31)2)32(6)22-25(3)26(4)27(32)5/h10-21H,1-9H3. The second-order valence-corrected chi connectivity index (χ2v) is 20.7. The minimum Gasteiger partial charge on any atom is -0.0656 e. The predicted octanol–water partition coefficient (Wildman–Crippen LogP) is 6.18. The number of allylic oxidation sites excluding steroid dienone is 4. The van der Waals surface area contributed by atoms with Gasteiger partial charge >= 0.3 is 0 Å². The maximum atomic E-state index is 4.09. The monoisotopic (exact) mass is 479 g/mol. The predicted molar refractivity (Wildman–Crippen MR) is 156 cm³/mol. The molecule has 0 fully saturated rings. The van der Waals surface area contributed by atoms with Gasteiger partial charge in [0.1, 0.15) is 0 Å². The lowest BCUT2D eigenvalue weighted by molar-refractivity contribution is 0.847. The van der Waals surface area contributed by atoms with Crippen LogP contribution in [0.25, 0.3) is 0 Å². The Labute approximate surface area is 209 Å². The summed E-state index contributed by atoms with van der Waals surface area (Å²) < 4.78 is 0. The molecule has 0 saturated heterocycles. The minimum absolute atomic E-state index is 0.181. The fourth-order valence-corrected chi connectivity index (χ4v) is 13.7. The van der Waals surface area contributed by atoms with Gasteiger partial charge in [-0.25, -0.2) is 0 Å². The normalized spacial score (nSPS) is 20.3. The van der Waals surface area contributed by atoms with E-state index >= 15 is 0 Å². The Morgan fingerprint density at radius 1 is 0.676 bits per heavy atom. The van der Waals surface area contributed by atoms with Crippen LogP contribution in [0.5, 0.6) is 0 Å². The van der Waals surface area contributed by atoms with E-state index in [1.807, 2.05) is 0 Å². The Kier molecular flexibility index (Phi) is 6.29. The summed E-state index contributed by atoms with van der Waals surface area (Å²) in [6, 6.07) is 28.0. The van der Waals surface area contributed by atoms with Gasteiger partial charge in [-0.2, -0.15) is 0 Å². The zero-order valence-electron chi connectivity index (χ0n) is 22.4. The molecule has 0 saturated carbocycles. The number of hydrogen-bond donors (Lipinski definition) is 0. The van der Waals surface area contributed by atoms with Crippen LogP contribution in [0.15, 0.2) is 89.5 Å². The van der Waals surface area contributed by atoms with Gasteiger partial charge in [0.05, 0.1) is 8.07 Å². The number of hydrogen-bond acceptors (Lipinski definition) is 0. The molecule has 0 aliphatic heterocycles. The third-order valence-corrected chi connectivity index (χ3v) is 15.9. The summed E-state index contributed by atoms with van der Waals surface area (Å²) >= 11 is 0. The highest BCUT2D eigenvalue weighted by Gasteiger charge is 2.57. The topological polar surface area (TPSA) is 0 Å². The van der Waals surface area contributed by atoms with Gasteiger partial charge < -0.3 is 0 Å². The van der Waals surface area contributed by atoms with Crippen LogP contribution in [0.2, 0.25) is 24.7 Å². The van der Waals surface area contributed by atoms with Crippen LogP contribution in [0.3, 0.4) is 0 Å². The Bertz CT molecular complexity index is 1290. The van der Waals surface area contributed by atoms with Gasteiger partial charge in [-0.1, -0.05) is 121 Å². The molecule has 0 spiro atoms. The summed E-state index contributed by atoms with van der Waals surface area (Å²) in [6.07, 6.45) is 4.09. The van der Waals surface area contributed by atoms with E-state index in [1.165, 1.54) is 43.4 Å². The van der Waals surface area contributed by atoms with Gasteiger partial charge in [0.2, 0.25) is 0 Å². The highest BCUT2D eigenvalue weighted by Crippen LogP contribution is 2.52. The highest BCUT2D eigenvalue weighted by molar-refractivity contribution is 7.14. The summed E-state index contributed by atoms with van der Waals surface area (Å²) in [5.74, 6) is 0. The maximum absolute atomic E-state index is 4.09. The molecule has 175 valence electrons. The molecule has 1 aliphatic carbocycles. The van der Waals surface area contributed by atoms with Crippen LogP contribution in [0, 0.1) is 19.9 Å². The SMILES string of the molecule is CC1=[C]C(C)([Si](c2ccccc2)(c2cc(C)cc([Si](C)(C)C)c2)c2ccccc2C)C(C)=C1C. The zero-order chi connectivity index (χ0) is 24.9. The molecule has 2 unspecified atom stereocenters. The average Bonchev–Trinajstić information content (AvgIpc) is 2.98. The van der Waals surface area contributed by atoms with Gasteiger partial charge in [0.25, 0.3) is 0 Å². The van der Waals surface area contributed by atoms with Crippen LogP contribution >= 0.6 is 0 Å². The molecule has 2 atom stereocenters. The second-order valence-electron chi connectivity index (χ2n) is 11.4. The first-order valence-corrected chi connectivity index (χ1v) is 18.0. The molecule has 0 N–H and O–H groups in total. The van der Waals surface area contributed by atoms with Gasteiger partial charge in [-0.15, -0.1) is 0 Å². The van der Waals surface area contributed by atoms with Crippen molar-refractivity contribution in [3.63, 3.8) is 0 Å². The Morgan fingerprint density at radius 3 is 1.82 bits per heavy atom. The van der Waals surface area contributed by atoms with Gasteiger partial charge in [0.15, 0.2) is 8.07 Å². The summed E-state index contributed by atoms with van der Waals surface area (Å²) in [4.78, 5) is 0. The first-order valence-electron chi connectivity index (χ1n) is 12.5. The molecule has 1 radical (unpaired) electrons. The van der Waals surface area contributed by atoms with Crippen molar-refractivity contribution in [2.24, 2.45) is 0 Å². The van der Waals surface area contributed by atoms with E-state index < -0.39 is 16.1 Å². The van der Waals surface area contributed by atoms with Crippen molar-refractivity contribution in [3.05, 3.63) is 107 Å². The van der Waals surface area contributed by atoms with Crippen molar-refractivity contribution in [2.45, 2.75) is 66.2 Å².